The van der Waals surface area contributed by atoms with Crippen LogP contribution in [0.4, 0.5) is 5.82 Å². The predicted molar refractivity (Wildman–Crippen MR) is 47.7 cm³/mol. The summed E-state index contributed by atoms with van der Waals surface area (Å²) in [5.74, 6) is 0.306. The zero-order valence-electron chi connectivity index (χ0n) is 6.37. The average molecular weight is 188 g/mol. The third kappa shape index (κ3) is 1.85. The topological polar surface area (TPSA) is 85.2 Å². The summed E-state index contributed by atoms with van der Waals surface area (Å²) < 4.78 is 0. The molecule has 0 spiro atoms. The molecule has 0 amide bonds. The Hall–Kier alpha value is -0.840. The van der Waals surface area contributed by atoms with Crippen molar-refractivity contribution in [2.45, 2.75) is 6.04 Å². The van der Waals surface area contributed by atoms with Gasteiger partial charge in [0.15, 0.2) is 0 Å². The number of pyridine rings is 1. The summed E-state index contributed by atoms with van der Waals surface area (Å²) in [4.78, 5) is 3.80. The van der Waals surface area contributed by atoms with Crippen LogP contribution < -0.4 is 11.5 Å². The Morgan fingerprint density at radius 3 is 2.92 bits per heavy atom. The maximum atomic E-state index is 8.75. The fourth-order valence-electron chi connectivity index (χ4n) is 0.861. The third-order valence-electron chi connectivity index (χ3n) is 1.51. The molecule has 0 aliphatic heterocycles. The lowest BCUT2D eigenvalue weighted by Gasteiger charge is -2.10. The predicted octanol–water partition coefficient (Wildman–Crippen LogP) is 0.309. The van der Waals surface area contributed by atoms with Crippen LogP contribution in [0.25, 0.3) is 0 Å². The summed E-state index contributed by atoms with van der Waals surface area (Å²) in [6.07, 6.45) is 1.44. The van der Waals surface area contributed by atoms with Gasteiger partial charge in [0, 0.05) is 11.8 Å². The molecule has 0 aliphatic carbocycles. The van der Waals surface area contributed by atoms with Gasteiger partial charge in [-0.2, -0.15) is 0 Å². The largest absolute Gasteiger partial charge is 0.394 e. The average Bonchev–Trinajstić information content (AvgIpc) is 2.08. The van der Waals surface area contributed by atoms with E-state index < -0.39 is 6.04 Å². The van der Waals surface area contributed by atoms with Gasteiger partial charge in [-0.05, 0) is 6.07 Å². The zero-order valence-corrected chi connectivity index (χ0v) is 7.12. The van der Waals surface area contributed by atoms with Crippen molar-refractivity contribution in [2.24, 2.45) is 5.73 Å². The van der Waals surface area contributed by atoms with Crippen LogP contribution >= 0.6 is 11.6 Å². The number of aromatic nitrogens is 1. The van der Waals surface area contributed by atoms with Crippen molar-refractivity contribution in [3.05, 3.63) is 22.8 Å². The van der Waals surface area contributed by atoms with Crippen molar-refractivity contribution in [3.8, 4) is 0 Å². The molecule has 0 unspecified atom stereocenters. The lowest BCUT2D eigenvalue weighted by molar-refractivity contribution is 0.268. The highest BCUT2D eigenvalue weighted by molar-refractivity contribution is 6.30. The molecule has 66 valence electrons. The number of anilines is 1. The van der Waals surface area contributed by atoms with Crippen LogP contribution in [0, 0.1) is 0 Å². The second-order valence-electron chi connectivity index (χ2n) is 2.42. The molecule has 1 heterocycles. The number of hydrogen-bond acceptors (Lipinski definition) is 4. The van der Waals surface area contributed by atoms with Crippen molar-refractivity contribution in [3.63, 3.8) is 0 Å². The number of aliphatic hydroxyl groups is 1. The molecule has 5 heteroatoms. The van der Waals surface area contributed by atoms with Crippen molar-refractivity contribution >= 4 is 17.4 Å². The Balaban J connectivity index is 3.04. The molecule has 1 aromatic heterocycles. The second-order valence-corrected chi connectivity index (χ2v) is 2.85. The van der Waals surface area contributed by atoms with E-state index in [4.69, 9.17) is 28.2 Å². The van der Waals surface area contributed by atoms with Gasteiger partial charge in [0.1, 0.15) is 5.82 Å². The van der Waals surface area contributed by atoms with Gasteiger partial charge in [-0.1, -0.05) is 11.6 Å². The number of rotatable bonds is 2. The van der Waals surface area contributed by atoms with E-state index in [-0.39, 0.29) is 6.61 Å². The molecule has 0 saturated heterocycles. The molecule has 5 N–H and O–H groups in total. The van der Waals surface area contributed by atoms with Gasteiger partial charge >= 0.3 is 0 Å². The number of nitrogens with zero attached hydrogens (tertiary/aromatic N) is 1. The Bertz CT molecular complexity index is 279. The smallest absolute Gasteiger partial charge is 0.128 e. The SMILES string of the molecule is Nc1ncc(Cl)cc1[C@@H](N)CO. The summed E-state index contributed by atoms with van der Waals surface area (Å²) in [5.41, 5.74) is 11.6. The number of aliphatic hydroxyl groups excluding tert-OH is 1. The van der Waals surface area contributed by atoms with Crippen molar-refractivity contribution in [1.82, 2.24) is 4.98 Å². The normalized spacial score (nSPS) is 12.9. The van der Waals surface area contributed by atoms with E-state index in [1.165, 1.54) is 6.20 Å². The Morgan fingerprint density at radius 2 is 2.33 bits per heavy atom. The van der Waals surface area contributed by atoms with Crippen LogP contribution in [0.5, 0.6) is 0 Å². The van der Waals surface area contributed by atoms with E-state index in [0.717, 1.165) is 0 Å². The maximum Gasteiger partial charge on any atom is 0.128 e. The molecule has 4 nitrogen and oxygen atoms in total. The first-order valence-electron chi connectivity index (χ1n) is 3.42. The summed E-state index contributed by atoms with van der Waals surface area (Å²) in [5, 5.41) is 9.21. The van der Waals surface area contributed by atoms with E-state index in [1.54, 1.807) is 6.07 Å². The molecule has 1 rings (SSSR count). The molecule has 0 radical (unpaired) electrons. The molecule has 1 atom stereocenters. The molecule has 12 heavy (non-hydrogen) atoms. The Morgan fingerprint density at radius 1 is 1.67 bits per heavy atom. The van der Waals surface area contributed by atoms with E-state index in [0.29, 0.717) is 16.4 Å². The van der Waals surface area contributed by atoms with Gasteiger partial charge in [-0.25, -0.2) is 4.98 Å². The van der Waals surface area contributed by atoms with Gasteiger partial charge in [0.2, 0.25) is 0 Å². The summed E-state index contributed by atoms with van der Waals surface area (Å²) in [7, 11) is 0. The van der Waals surface area contributed by atoms with Crippen LogP contribution in [-0.4, -0.2) is 16.7 Å². The minimum atomic E-state index is -0.517. The number of nitrogens with two attached hydrogens (primary N) is 2. The molecule has 0 aromatic carbocycles. The minimum Gasteiger partial charge on any atom is -0.394 e. The van der Waals surface area contributed by atoms with E-state index in [9.17, 15) is 0 Å². The quantitative estimate of drug-likeness (QED) is 0.622. The number of nitrogen functional groups attached to an aromatic ring is 1. The lowest BCUT2D eigenvalue weighted by atomic mass is 10.1. The highest BCUT2D eigenvalue weighted by Gasteiger charge is 2.09. The highest BCUT2D eigenvalue weighted by Crippen LogP contribution is 2.19. The van der Waals surface area contributed by atoms with Crippen molar-refractivity contribution in [2.75, 3.05) is 12.3 Å². The highest BCUT2D eigenvalue weighted by atomic mass is 35.5. The number of hydrogen-bond donors (Lipinski definition) is 3. The second kappa shape index (κ2) is 3.71. The van der Waals surface area contributed by atoms with Crippen molar-refractivity contribution in [1.29, 1.82) is 0 Å². The first-order valence-corrected chi connectivity index (χ1v) is 3.80. The summed E-state index contributed by atoms with van der Waals surface area (Å²) >= 11 is 5.66. The molecular formula is C7H10ClN3O. The standard InChI is InChI=1S/C7H10ClN3O/c8-4-1-5(6(9)3-12)7(10)11-2-4/h1-2,6,12H,3,9H2,(H2,10,11)/t6-/m0/s1. The fourth-order valence-corrected chi connectivity index (χ4v) is 1.03. The summed E-state index contributed by atoms with van der Waals surface area (Å²) in [6, 6.07) is 1.08. The minimum absolute atomic E-state index is 0.174. The maximum absolute atomic E-state index is 8.75. The lowest BCUT2D eigenvalue weighted by Crippen LogP contribution is -2.16. The Labute approximate surface area is 75.2 Å². The van der Waals surface area contributed by atoms with Crippen LogP contribution in [0.3, 0.4) is 0 Å². The monoisotopic (exact) mass is 187 g/mol. The fraction of sp³-hybridized carbons (Fsp3) is 0.286. The van der Waals surface area contributed by atoms with Crippen molar-refractivity contribution < 1.29 is 5.11 Å². The molecule has 0 saturated carbocycles. The first kappa shape index (κ1) is 9.25. The van der Waals surface area contributed by atoms with Gasteiger partial charge in [-0.3, -0.25) is 0 Å². The van der Waals surface area contributed by atoms with Crippen LogP contribution in [0.2, 0.25) is 5.02 Å². The molecule has 1 aromatic rings. The Kier molecular flexibility index (Phi) is 2.86. The van der Waals surface area contributed by atoms with Crippen LogP contribution in [0.1, 0.15) is 11.6 Å². The van der Waals surface area contributed by atoms with Gasteiger partial charge in [0.25, 0.3) is 0 Å². The molecule has 0 bridgehead atoms. The van der Waals surface area contributed by atoms with E-state index in [2.05, 4.69) is 4.98 Å². The van der Waals surface area contributed by atoms with Gasteiger partial charge < -0.3 is 16.6 Å². The third-order valence-corrected chi connectivity index (χ3v) is 1.72. The molecule has 0 aliphatic rings. The van der Waals surface area contributed by atoms with E-state index >= 15 is 0 Å². The zero-order chi connectivity index (χ0) is 9.14. The molecular weight excluding hydrogens is 178 g/mol. The van der Waals surface area contributed by atoms with E-state index in [1.807, 2.05) is 0 Å². The van der Waals surface area contributed by atoms with Crippen LogP contribution in [0.15, 0.2) is 12.3 Å². The first-order chi connectivity index (χ1) is 5.65. The summed E-state index contributed by atoms with van der Waals surface area (Å²) in [6.45, 7) is -0.174. The van der Waals surface area contributed by atoms with Gasteiger partial charge in [-0.15, -0.1) is 0 Å². The van der Waals surface area contributed by atoms with Crippen LogP contribution in [-0.2, 0) is 0 Å². The molecule has 0 fully saturated rings. The number of halogens is 1. The van der Waals surface area contributed by atoms with Gasteiger partial charge in [0.05, 0.1) is 17.7 Å².